The van der Waals surface area contributed by atoms with E-state index in [9.17, 15) is 21.6 Å². The molecule has 8 nitrogen and oxygen atoms in total. The maximum Gasteiger partial charge on any atom is 0.321 e. The SMILES string of the molecule is CC(NS(=O)(=O)c1cccc(S(=O)(=O)N2CCCC2)c1)C(=O)O. The van der Waals surface area contributed by atoms with Crippen molar-refractivity contribution in [2.24, 2.45) is 0 Å². The predicted octanol–water partition coefficient (Wildman–Crippen LogP) is 0.223. The Morgan fingerprint density at radius 2 is 1.74 bits per heavy atom. The molecule has 1 aromatic rings. The van der Waals surface area contributed by atoms with Crippen molar-refractivity contribution in [1.29, 1.82) is 0 Å². The molecule has 0 amide bonds. The molecule has 2 N–H and O–H groups in total. The molecule has 1 fully saturated rings. The maximum absolute atomic E-state index is 12.5. The Morgan fingerprint density at radius 3 is 2.30 bits per heavy atom. The highest BCUT2D eigenvalue weighted by atomic mass is 32.2. The van der Waals surface area contributed by atoms with Crippen LogP contribution in [0, 0.1) is 0 Å². The minimum atomic E-state index is -4.12. The molecule has 1 aliphatic heterocycles. The van der Waals surface area contributed by atoms with Crippen molar-refractivity contribution < 1.29 is 26.7 Å². The lowest BCUT2D eigenvalue weighted by molar-refractivity contribution is -0.138. The summed E-state index contributed by atoms with van der Waals surface area (Å²) in [5, 5.41) is 8.79. The van der Waals surface area contributed by atoms with Gasteiger partial charge in [-0.05, 0) is 38.0 Å². The van der Waals surface area contributed by atoms with Gasteiger partial charge in [0.15, 0.2) is 0 Å². The van der Waals surface area contributed by atoms with Crippen molar-refractivity contribution in [2.45, 2.75) is 35.6 Å². The monoisotopic (exact) mass is 362 g/mol. The van der Waals surface area contributed by atoms with Gasteiger partial charge in [0.2, 0.25) is 20.0 Å². The summed E-state index contributed by atoms with van der Waals surface area (Å²) in [6.07, 6.45) is 1.55. The Labute approximate surface area is 135 Å². The van der Waals surface area contributed by atoms with Crippen LogP contribution in [0.1, 0.15) is 19.8 Å². The van der Waals surface area contributed by atoms with Crippen molar-refractivity contribution >= 4 is 26.0 Å². The van der Waals surface area contributed by atoms with E-state index in [-0.39, 0.29) is 9.79 Å². The van der Waals surface area contributed by atoms with Crippen LogP contribution in [0.3, 0.4) is 0 Å². The van der Waals surface area contributed by atoms with Crippen LogP contribution in [-0.4, -0.2) is 51.3 Å². The third-order valence-electron chi connectivity index (χ3n) is 3.52. The second-order valence-electron chi connectivity index (χ2n) is 5.27. The van der Waals surface area contributed by atoms with Gasteiger partial charge < -0.3 is 5.11 Å². The molecule has 0 spiro atoms. The molecule has 10 heteroatoms. The predicted molar refractivity (Wildman–Crippen MR) is 81.9 cm³/mol. The van der Waals surface area contributed by atoms with E-state index in [1.807, 2.05) is 4.72 Å². The molecule has 0 aliphatic carbocycles. The number of aliphatic carboxylic acids is 1. The van der Waals surface area contributed by atoms with E-state index in [1.165, 1.54) is 29.4 Å². The smallest absolute Gasteiger partial charge is 0.321 e. The van der Waals surface area contributed by atoms with Crippen molar-refractivity contribution in [2.75, 3.05) is 13.1 Å². The van der Waals surface area contributed by atoms with Gasteiger partial charge in [0, 0.05) is 13.1 Å². The number of hydrogen-bond donors (Lipinski definition) is 2. The third kappa shape index (κ3) is 3.89. The van der Waals surface area contributed by atoms with Gasteiger partial charge in [-0.1, -0.05) is 6.07 Å². The minimum Gasteiger partial charge on any atom is -0.480 e. The molecular formula is C13H18N2O6S2. The summed E-state index contributed by atoms with van der Waals surface area (Å²) in [4.78, 5) is 10.4. The molecule has 1 aliphatic rings. The highest BCUT2D eigenvalue weighted by molar-refractivity contribution is 7.90. The fourth-order valence-corrected chi connectivity index (χ4v) is 5.11. The highest BCUT2D eigenvalue weighted by Gasteiger charge is 2.29. The number of carbonyl (C=O) groups is 1. The standard InChI is InChI=1S/C13H18N2O6S2/c1-10(13(16)17)14-22(18,19)11-5-4-6-12(9-11)23(20,21)15-7-2-3-8-15/h4-6,9-10,14H,2-3,7-8H2,1H3,(H,16,17). The number of hydrogen-bond acceptors (Lipinski definition) is 5. The summed E-state index contributed by atoms with van der Waals surface area (Å²) in [5.41, 5.74) is 0. The van der Waals surface area contributed by atoms with Gasteiger partial charge in [-0.25, -0.2) is 16.8 Å². The fourth-order valence-electron chi connectivity index (χ4n) is 2.23. The Balaban J connectivity index is 2.34. The number of sulfonamides is 2. The Bertz CT molecular complexity index is 798. The second-order valence-corrected chi connectivity index (χ2v) is 8.92. The zero-order valence-corrected chi connectivity index (χ0v) is 14.1. The lowest BCUT2D eigenvalue weighted by atomic mass is 10.4. The highest BCUT2D eigenvalue weighted by Crippen LogP contribution is 2.23. The van der Waals surface area contributed by atoms with Crippen molar-refractivity contribution in [3.8, 4) is 0 Å². The first-order valence-electron chi connectivity index (χ1n) is 7.00. The molecule has 0 radical (unpaired) electrons. The van der Waals surface area contributed by atoms with Crippen LogP contribution < -0.4 is 4.72 Å². The summed E-state index contributed by atoms with van der Waals surface area (Å²) >= 11 is 0. The quantitative estimate of drug-likeness (QED) is 0.747. The summed E-state index contributed by atoms with van der Waals surface area (Å²) in [5.74, 6) is -1.32. The molecule has 0 aromatic heterocycles. The molecule has 1 atom stereocenters. The molecule has 0 saturated carbocycles. The first kappa shape index (κ1) is 17.9. The summed E-state index contributed by atoms with van der Waals surface area (Å²) in [6.45, 7) is 2.01. The lowest BCUT2D eigenvalue weighted by Crippen LogP contribution is -2.38. The number of nitrogens with zero attached hydrogens (tertiary/aromatic N) is 1. The van der Waals surface area contributed by atoms with Gasteiger partial charge in [0.25, 0.3) is 0 Å². The summed E-state index contributed by atoms with van der Waals surface area (Å²) < 4.78 is 52.5. The van der Waals surface area contributed by atoms with Crippen LogP contribution in [0.5, 0.6) is 0 Å². The van der Waals surface area contributed by atoms with E-state index in [2.05, 4.69) is 0 Å². The topological polar surface area (TPSA) is 121 Å². The van der Waals surface area contributed by atoms with Crippen LogP contribution >= 0.6 is 0 Å². The van der Waals surface area contributed by atoms with Crippen molar-refractivity contribution in [3.63, 3.8) is 0 Å². The summed E-state index contributed by atoms with van der Waals surface area (Å²) in [7, 11) is -7.87. The van der Waals surface area contributed by atoms with Gasteiger partial charge in [-0.15, -0.1) is 0 Å². The maximum atomic E-state index is 12.5. The van der Waals surface area contributed by atoms with E-state index in [0.717, 1.165) is 18.9 Å². The molecule has 1 saturated heterocycles. The number of benzene rings is 1. The molecule has 1 heterocycles. The van der Waals surface area contributed by atoms with Gasteiger partial charge >= 0.3 is 5.97 Å². The van der Waals surface area contributed by atoms with Crippen LogP contribution in [0.15, 0.2) is 34.1 Å². The van der Waals surface area contributed by atoms with Gasteiger partial charge in [-0.3, -0.25) is 4.79 Å². The lowest BCUT2D eigenvalue weighted by Gasteiger charge is -2.16. The normalized spacial score (nSPS) is 18.0. The molecule has 2 rings (SSSR count). The number of rotatable bonds is 6. The van der Waals surface area contributed by atoms with Gasteiger partial charge in [0.1, 0.15) is 6.04 Å². The molecular weight excluding hydrogens is 344 g/mol. The van der Waals surface area contributed by atoms with E-state index in [1.54, 1.807) is 0 Å². The molecule has 128 valence electrons. The zero-order chi connectivity index (χ0) is 17.3. The van der Waals surface area contributed by atoms with Crippen LogP contribution in [0.25, 0.3) is 0 Å². The minimum absolute atomic E-state index is 0.120. The van der Waals surface area contributed by atoms with E-state index in [0.29, 0.717) is 13.1 Å². The molecule has 1 aromatic carbocycles. The molecule has 1 unspecified atom stereocenters. The van der Waals surface area contributed by atoms with Crippen molar-refractivity contribution in [1.82, 2.24) is 9.03 Å². The molecule has 0 bridgehead atoms. The van der Waals surface area contributed by atoms with Crippen LogP contribution in [-0.2, 0) is 24.8 Å². The first-order valence-corrected chi connectivity index (χ1v) is 9.92. The number of nitrogens with one attached hydrogen (secondary N) is 1. The van der Waals surface area contributed by atoms with E-state index < -0.39 is 32.1 Å². The van der Waals surface area contributed by atoms with Gasteiger partial charge in [-0.2, -0.15) is 9.03 Å². The fraction of sp³-hybridized carbons (Fsp3) is 0.462. The van der Waals surface area contributed by atoms with Crippen LogP contribution in [0.4, 0.5) is 0 Å². The Morgan fingerprint density at radius 1 is 1.17 bits per heavy atom. The Kier molecular flexibility index (Phi) is 5.09. The van der Waals surface area contributed by atoms with E-state index in [4.69, 9.17) is 5.11 Å². The Hall–Kier alpha value is -1.49. The molecule has 23 heavy (non-hydrogen) atoms. The third-order valence-corrected chi connectivity index (χ3v) is 6.95. The summed E-state index contributed by atoms with van der Waals surface area (Å²) in [6, 6.07) is 3.60. The number of carboxylic acids is 1. The van der Waals surface area contributed by atoms with Gasteiger partial charge in [0.05, 0.1) is 9.79 Å². The van der Waals surface area contributed by atoms with Crippen LogP contribution in [0.2, 0.25) is 0 Å². The average molecular weight is 362 g/mol. The number of carboxylic acid groups (broad SMARTS) is 1. The zero-order valence-electron chi connectivity index (χ0n) is 12.5. The average Bonchev–Trinajstić information content (AvgIpc) is 3.02. The van der Waals surface area contributed by atoms with Crippen molar-refractivity contribution in [3.05, 3.63) is 24.3 Å². The largest absolute Gasteiger partial charge is 0.480 e. The second kappa shape index (κ2) is 6.56. The van der Waals surface area contributed by atoms with E-state index >= 15 is 0 Å². The first-order chi connectivity index (χ1) is 10.6.